The maximum atomic E-state index is 13.2. The molecule has 0 aliphatic carbocycles. The second kappa shape index (κ2) is 10.5. The molecule has 1 N–H and O–H groups in total. The normalized spacial score (nSPS) is 11.2. The Morgan fingerprint density at radius 2 is 1.85 bits per heavy atom. The minimum absolute atomic E-state index is 0.00191. The number of hydrogen-bond acceptors (Lipinski definition) is 5. The number of rotatable bonds is 6. The Morgan fingerprint density at radius 3 is 2.64 bits per heavy atom. The van der Waals surface area contributed by atoms with Crippen LogP contribution in [0, 0.1) is 0 Å². The van der Waals surface area contributed by atoms with Crippen LogP contribution in [0.5, 0.6) is 0 Å². The third-order valence-electron chi connectivity index (χ3n) is 4.54. The van der Waals surface area contributed by atoms with Crippen LogP contribution in [0.4, 0.5) is 0 Å². The van der Waals surface area contributed by atoms with Crippen LogP contribution in [-0.2, 0) is 4.79 Å². The minimum Gasteiger partial charge on any atom is -0.272 e. The lowest BCUT2D eigenvalue weighted by Crippen LogP contribution is -2.24. The van der Waals surface area contributed by atoms with Gasteiger partial charge in [0.05, 0.1) is 38.6 Å². The summed E-state index contributed by atoms with van der Waals surface area (Å²) in [5.41, 5.74) is 4.04. The van der Waals surface area contributed by atoms with Gasteiger partial charge in [0, 0.05) is 10.0 Å². The van der Waals surface area contributed by atoms with E-state index in [1.54, 1.807) is 36.4 Å². The van der Waals surface area contributed by atoms with Gasteiger partial charge >= 0.3 is 0 Å². The van der Waals surface area contributed by atoms with Gasteiger partial charge in [0.15, 0.2) is 5.16 Å². The zero-order valence-electron chi connectivity index (χ0n) is 16.8. The number of benzene rings is 3. The number of amides is 1. The molecule has 4 aromatic rings. The molecule has 0 atom stereocenters. The number of nitrogens with one attached hydrogen (secondary N) is 1. The highest BCUT2D eigenvalue weighted by molar-refractivity contribution is 9.10. The molecular formula is C23H15BrCl2N4O2S. The van der Waals surface area contributed by atoms with Crippen LogP contribution >= 0.6 is 50.9 Å². The Morgan fingerprint density at radius 1 is 1.09 bits per heavy atom. The number of hydrazone groups is 1. The number of thioether (sulfide) groups is 1. The highest BCUT2D eigenvalue weighted by atomic mass is 79.9. The molecule has 10 heteroatoms. The van der Waals surface area contributed by atoms with Crippen LogP contribution in [0.15, 0.2) is 86.3 Å². The van der Waals surface area contributed by atoms with E-state index in [-0.39, 0.29) is 17.2 Å². The smallest absolute Gasteiger partial charge is 0.266 e. The molecule has 33 heavy (non-hydrogen) atoms. The number of carbonyl (C=O) groups excluding carboxylic acids is 1. The maximum Gasteiger partial charge on any atom is 0.266 e. The lowest BCUT2D eigenvalue weighted by Gasteiger charge is -2.13. The predicted molar refractivity (Wildman–Crippen MR) is 138 cm³/mol. The largest absolute Gasteiger partial charge is 0.272 e. The average molecular weight is 562 g/mol. The van der Waals surface area contributed by atoms with Crippen LogP contribution in [0.1, 0.15) is 5.56 Å². The molecule has 0 aliphatic rings. The molecule has 0 saturated heterocycles. The predicted octanol–water partition coefficient (Wildman–Crippen LogP) is 5.70. The highest BCUT2D eigenvalue weighted by Gasteiger charge is 2.14. The van der Waals surface area contributed by atoms with Crippen LogP contribution in [0.25, 0.3) is 16.6 Å². The third kappa shape index (κ3) is 5.47. The van der Waals surface area contributed by atoms with E-state index in [2.05, 4.69) is 31.4 Å². The Hall–Kier alpha value is -2.65. The highest BCUT2D eigenvalue weighted by Crippen LogP contribution is 2.24. The van der Waals surface area contributed by atoms with Gasteiger partial charge in [-0.25, -0.2) is 10.4 Å². The molecule has 0 saturated carbocycles. The Balaban J connectivity index is 1.56. The number of para-hydroxylation sites is 1. The van der Waals surface area contributed by atoms with Gasteiger partial charge in [-0.2, -0.15) is 5.10 Å². The molecule has 4 rings (SSSR count). The van der Waals surface area contributed by atoms with E-state index in [9.17, 15) is 9.59 Å². The molecule has 0 aliphatic heterocycles. The van der Waals surface area contributed by atoms with Crippen molar-refractivity contribution in [2.24, 2.45) is 5.10 Å². The number of hydrogen-bond donors (Lipinski definition) is 1. The second-order valence-corrected chi connectivity index (χ2v) is 9.40. The van der Waals surface area contributed by atoms with Gasteiger partial charge in [-0.15, -0.1) is 0 Å². The summed E-state index contributed by atoms with van der Waals surface area (Å²) in [6.07, 6.45) is 1.42. The van der Waals surface area contributed by atoms with Gasteiger partial charge in [0.25, 0.3) is 11.5 Å². The molecule has 0 unspecified atom stereocenters. The number of nitrogens with zero attached hydrogens (tertiary/aromatic N) is 3. The van der Waals surface area contributed by atoms with Gasteiger partial charge in [-0.1, -0.05) is 75.2 Å². The second-order valence-electron chi connectivity index (χ2n) is 6.75. The van der Waals surface area contributed by atoms with Crippen molar-refractivity contribution in [1.29, 1.82) is 0 Å². The molecular weight excluding hydrogens is 547 g/mol. The molecule has 0 radical (unpaired) electrons. The molecule has 1 aromatic heterocycles. The van der Waals surface area contributed by atoms with Crippen molar-refractivity contribution in [3.05, 3.63) is 97.2 Å². The summed E-state index contributed by atoms with van der Waals surface area (Å²) in [4.78, 5) is 30.2. The van der Waals surface area contributed by atoms with E-state index >= 15 is 0 Å². The van der Waals surface area contributed by atoms with Crippen LogP contribution in [-0.4, -0.2) is 27.4 Å². The van der Waals surface area contributed by atoms with Gasteiger partial charge in [-0.05, 0) is 42.5 Å². The summed E-state index contributed by atoms with van der Waals surface area (Å²) < 4.78 is 2.39. The molecule has 0 fully saturated rings. The fourth-order valence-corrected chi connectivity index (χ4v) is 4.41. The minimum atomic E-state index is -0.362. The monoisotopic (exact) mass is 560 g/mol. The average Bonchev–Trinajstić information content (AvgIpc) is 2.81. The lowest BCUT2D eigenvalue weighted by atomic mass is 10.2. The summed E-state index contributed by atoms with van der Waals surface area (Å²) in [5.74, 6) is -0.360. The first-order chi connectivity index (χ1) is 15.9. The van der Waals surface area contributed by atoms with Crippen molar-refractivity contribution in [2.45, 2.75) is 5.16 Å². The van der Waals surface area contributed by atoms with Crippen molar-refractivity contribution in [2.75, 3.05) is 5.75 Å². The van der Waals surface area contributed by atoms with Gasteiger partial charge in [0.1, 0.15) is 0 Å². The number of carbonyl (C=O) groups is 1. The van der Waals surface area contributed by atoms with E-state index in [1.165, 1.54) is 10.8 Å². The summed E-state index contributed by atoms with van der Waals surface area (Å²) in [5, 5.41) is 5.59. The van der Waals surface area contributed by atoms with E-state index in [4.69, 9.17) is 23.2 Å². The number of halogens is 3. The molecule has 1 heterocycles. The van der Waals surface area contributed by atoms with Crippen LogP contribution in [0.2, 0.25) is 10.0 Å². The summed E-state index contributed by atoms with van der Waals surface area (Å²) in [6, 6.07) is 19.5. The number of fused-ring (bicyclic) bond motifs is 1. The Labute approximate surface area is 211 Å². The van der Waals surface area contributed by atoms with Crippen LogP contribution in [0.3, 0.4) is 0 Å². The molecule has 1 amide bonds. The fraction of sp³-hybridized carbons (Fsp3) is 0.0435. The number of aromatic nitrogens is 2. The SMILES string of the molecule is O=C(CSc1nc2ccccc2c(=O)n1-c1ccc(Br)cc1)N/N=C/c1cccc(Cl)c1Cl. The standard InChI is InChI=1S/C23H15BrCl2N4O2S/c24-15-8-10-16(11-9-15)30-22(32)17-5-1-2-7-19(17)28-23(30)33-13-20(31)29-27-12-14-4-3-6-18(25)21(14)26/h1-12H,13H2,(H,29,31)/b27-12+. The summed E-state index contributed by atoms with van der Waals surface area (Å²) in [7, 11) is 0. The lowest BCUT2D eigenvalue weighted by molar-refractivity contribution is -0.118. The van der Waals surface area contributed by atoms with Gasteiger partial charge < -0.3 is 0 Å². The molecule has 0 spiro atoms. The zero-order chi connectivity index (χ0) is 23.4. The molecule has 166 valence electrons. The van der Waals surface area contributed by atoms with Crippen molar-refractivity contribution in [3.63, 3.8) is 0 Å². The Bertz CT molecular complexity index is 1420. The third-order valence-corrected chi connectivity index (χ3v) is 6.84. The molecule has 0 bridgehead atoms. The van der Waals surface area contributed by atoms with Crippen molar-refractivity contribution in [1.82, 2.24) is 15.0 Å². The van der Waals surface area contributed by atoms with Crippen molar-refractivity contribution < 1.29 is 4.79 Å². The fourth-order valence-electron chi connectivity index (χ4n) is 2.98. The maximum absolute atomic E-state index is 13.2. The first-order valence-electron chi connectivity index (χ1n) is 9.60. The van der Waals surface area contributed by atoms with Gasteiger partial charge in [-0.3, -0.25) is 14.2 Å². The van der Waals surface area contributed by atoms with Crippen LogP contribution < -0.4 is 11.0 Å². The summed E-state index contributed by atoms with van der Waals surface area (Å²) >= 11 is 16.6. The first kappa shape index (κ1) is 23.5. The Kier molecular flexibility index (Phi) is 7.49. The van der Waals surface area contributed by atoms with Gasteiger partial charge in [0.2, 0.25) is 0 Å². The van der Waals surface area contributed by atoms with Crippen molar-refractivity contribution in [3.8, 4) is 5.69 Å². The first-order valence-corrected chi connectivity index (χ1v) is 12.1. The summed E-state index contributed by atoms with van der Waals surface area (Å²) in [6.45, 7) is 0. The topological polar surface area (TPSA) is 76.3 Å². The van der Waals surface area contributed by atoms with E-state index in [0.717, 1.165) is 16.2 Å². The zero-order valence-corrected chi connectivity index (χ0v) is 20.7. The van der Waals surface area contributed by atoms with E-state index < -0.39 is 0 Å². The van der Waals surface area contributed by atoms with E-state index in [0.29, 0.717) is 37.4 Å². The van der Waals surface area contributed by atoms with E-state index in [1.807, 2.05) is 30.3 Å². The van der Waals surface area contributed by atoms with Crippen molar-refractivity contribution >= 4 is 73.9 Å². The molecule has 6 nitrogen and oxygen atoms in total. The quantitative estimate of drug-likeness (QED) is 0.142. The molecule has 3 aromatic carbocycles.